The van der Waals surface area contributed by atoms with Crippen LogP contribution in [0.15, 0.2) is 85.2 Å². The van der Waals surface area contributed by atoms with Crippen molar-refractivity contribution in [1.29, 1.82) is 0 Å². The molecule has 322 valence electrons. The minimum absolute atomic E-state index is 0.00499. The van der Waals surface area contributed by atoms with Crippen LogP contribution in [-0.4, -0.2) is 69.3 Å². The molecule has 0 saturated heterocycles. The molecule has 1 aliphatic rings. The Morgan fingerprint density at radius 1 is 0.918 bits per heavy atom. The van der Waals surface area contributed by atoms with Gasteiger partial charge in [0.15, 0.2) is 5.78 Å². The van der Waals surface area contributed by atoms with Gasteiger partial charge in [-0.3, -0.25) is 24.1 Å². The molecule has 0 saturated carbocycles. The molecule has 5 aromatic rings. The quantitative estimate of drug-likeness (QED) is 0.0689. The summed E-state index contributed by atoms with van der Waals surface area (Å²) in [5.74, 6) is -1.34. The van der Waals surface area contributed by atoms with Gasteiger partial charge in [0.25, 0.3) is 5.91 Å². The molecule has 0 fully saturated rings. The van der Waals surface area contributed by atoms with Gasteiger partial charge in [0, 0.05) is 55.8 Å². The van der Waals surface area contributed by atoms with Gasteiger partial charge in [-0.2, -0.15) is 18.3 Å². The Morgan fingerprint density at radius 3 is 2.39 bits per heavy atom. The molecule has 15 heteroatoms. The molecule has 0 radical (unpaired) electrons. The van der Waals surface area contributed by atoms with Crippen molar-refractivity contribution in [3.05, 3.63) is 134 Å². The fourth-order valence-corrected chi connectivity index (χ4v) is 9.03. The predicted molar refractivity (Wildman–Crippen MR) is 230 cm³/mol. The monoisotopic (exact) mass is 875 g/mol. The maximum absolute atomic E-state index is 14.2. The van der Waals surface area contributed by atoms with Gasteiger partial charge in [0.1, 0.15) is 11.6 Å². The number of nitrogens with zero attached hydrogens (tertiary/aromatic N) is 4. The SMILES string of the molecule is CCC(CC)N(CCN(C)C(=O)CCC(=O)OCc1ccccc1)Cc1cccc(C(=O)Nc2sc3c(c2C(=O)c2cnn(-c4ccc(Cl)c(C(F)(F)F)c4)c2)CCCC3)c1. The molecule has 0 aliphatic heterocycles. The van der Waals surface area contributed by atoms with Gasteiger partial charge in [0.2, 0.25) is 5.91 Å². The van der Waals surface area contributed by atoms with Crippen LogP contribution in [0, 0.1) is 0 Å². The Hall–Kier alpha value is -5.31. The van der Waals surface area contributed by atoms with Crippen LogP contribution in [0.2, 0.25) is 5.02 Å². The molecule has 0 spiro atoms. The van der Waals surface area contributed by atoms with Crippen molar-refractivity contribution in [2.75, 3.05) is 25.5 Å². The Bertz CT molecular complexity index is 2340. The van der Waals surface area contributed by atoms with E-state index < -0.39 is 22.7 Å². The number of hydrogen-bond donors (Lipinski definition) is 1. The third kappa shape index (κ3) is 11.5. The summed E-state index contributed by atoms with van der Waals surface area (Å²) in [6.45, 7) is 5.95. The van der Waals surface area contributed by atoms with Crippen LogP contribution in [-0.2, 0) is 46.5 Å². The summed E-state index contributed by atoms with van der Waals surface area (Å²) in [5, 5.41) is 7.20. The normalized spacial score (nSPS) is 12.7. The maximum atomic E-state index is 14.2. The number of amides is 2. The average molecular weight is 876 g/mol. The average Bonchev–Trinajstić information content (AvgIpc) is 3.90. The number of nitrogens with one attached hydrogen (secondary N) is 1. The van der Waals surface area contributed by atoms with E-state index in [1.54, 1.807) is 18.0 Å². The highest BCUT2D eigenvalue weighted by Gasteiger charge is 2.34. The second-order valence-corrected chi connectivity index (χ2v) is 16.6. The Kier molecular flexibility index (Phi) is 15.2. The molecule has 61 heavy (non-hydrogen) atoms. The third-order valence-corrected chi connectivity index (χ3v) is 12.5. The number of aryl methyl sites for hydroxylation is 1. The largest absolute Gasteiger partial charge is 0.461 e. The number of likely N-dealkylation sites (N-methyl/N-ethyl adjacent to an activating group) is 1. The second kappa shape index (κ2) is 20.5. The van der Waals surface area contributed by atoms with Crippen LogP contribution >= 0.6 is 22.9 Å². The van der Waals surface area contributed by atoms with E-state index in [2.05, 4.69) is 29.2 Å². The lowest BCUT2D eigenvalue weighted by Crippen LogP contribution is -2.41. The summed E-state index contributed by atoms with van der Waals surface area (Å²) < 4.78 is 47.3. The fourth-order valence-electron chi connectivity index (χ4n) is 7.52. The molecule has 1 N–H and O–H groups in total. The Morgan fingerprint density at radius 2 is 1.66 bits per heavy atom. The first kappa shape index (κ1) is 45.2. The fraction of sp³-hybridized carbons (Fsp3) is 0.370. The van der Waals surface area contributed by atoms with Gasteiger partial charge in [-0.1, -0.05) is 67.9 Å². The molecular weight excluding hydrogens is 827 g/mol. The van der Waals surface area contributed by atoms with E-state index in [9.17, 15) is 32.3 Å². The molecule has 2 amide bonds. The highest BCUT2D eigenvalue weighted by molar-refractivity contribution is 7.17. The summed E-state index contributed by atoms with van der Waals surface area (Å²) >= 11 is 7.20. The number of hydrogen-bond acceptors (Lipinski definition) is 8. The van der Waals surface area contributed by atoms with Crippen molar-refractivity contribution < 1.29 is 37.1 Å². The molecule has 10 nitrogen and oxygen atoms in total. The van der Waals surface area contributed by atoms with Crippen molar-refractivity contribution in [2.24, 2.45) is 0 Å². The van der Waals surface area contributed by atoms with E-state index in [4.69, 9.17) is 16.3 Å². The molecule has 0 atom stereocenters. The van der Waals surface area contributed by atoms with Crippen LogP contribution < -0.4 is 5.32 Å². The third-order valence-electron chi connectivity index (χ3n) is 11.0. The van der Waals surface area contributed by atoms with Crippen molar-refractivity contribution in [2.45, 2.75) is 90.6 Å². The number of ketones is 1. The number of esters is 1. The highest BCUT2D eigenvalue weighted by atomic mass is 35.5. The van der Waals surface area contributed by atoms with E-state index in [-0.39, 0.29) is 54.3 Å². The number of rotatable bonds is 18. The van der Waals surface area contributed by atoms with E-state index in [1.165, 1.54) is 34.5 Å². The summed E-state index contributed by atoms with van der Waals surface area (Å²) in [4.78, 5) is 58.4. The van der Waals surface area contributed by atoms with Crippen molar-refractivity contribution in [3.63, 3.8) is 0 Å². The molecule has 1 aliphatic carbocycles. The topological polar surface area (TPSA) is 114 Å². The zero-order valence-electron chi connectivity index (χ0n) is 34.4. The number of carbonyl (C=O) groups is 4. The minimum atomic E-state index is -4.67. The van der Waals surface area contributed by atoms with Crippen LogP contribution in [0.3, 0.4) is 0 Å². The molecule has 6 rings (SSSR count). The number of halogens is 4. The molecule has 2 heterocycles. The first-order chi connectivity index (χ1) is 29.2. The smallest absolute Gasteiger partial charge is 0.417 e. The van der Waals surface area contributed by atoms with Gasteiger partial charge in [-0.15, -0.1) is 11.3 Å². The predicted octanol–water partition coefficient (Wildman–Crippen LogP) is 9.94. The van der Waals surface area contributed by atoms with E-state index in [1.807, 2.05) is 48.5 Å². The summed E-state index contributed by atoms with van der Waals surface area (Å²) in [7, 11) is 1.73. The minimum Gasteiger partial charge on any atom is -0.461 e. The van der Waals surface area contributed by atoms with Gasteiger partial charge in [-0.25, -0.2) is 4.68 Å². The molecule has 0 unspecified atom stereocenters. The lowest BCUT2D eigenvalue weighted by atomic mass is 9.92. The summed E-state index contributed by atoms with van der Waals surface area (Å²) in [6, 6.07) is 20.3. The van der Waals surface area contributed by atoms with Gasteiger partial charge >= 0.3 is 12.1 Å². The summed E-state index contributed by atoms with van der Waals surface area (Å²) in [5.41, 5.74) is 2.69. The number of benzene rings is 3. The van der Waals surface area contributed by atoms with Gasteiger partial charge in [-0.05, 0) is 85.5 Å². The number of anilines is 1. The van der Waals surface area contributed by atoms with Gasteiger partial charge in [0.05, 0.1) is 40.0 Å². The lowest BCUT2D eigenvalue weighted by Gasteiger charge is -2.32. The van der Waals surface area contributed by atoms with Crippen molar-refractivity contribution in [1.82, 2.24) is 19.6 Å². The molecular formula is C46H49ClF3N5O5S. The second-order valence-electron chi connectivity index (χ2n) is 15.1. The van der Waals surface area contributed by atoms with Crippen LogP contribution in [0.25, 0.3) is 5.69 Å². The number of alkyl halides is 3. The van der Waals surface area contributed by atoms with Gasteiger partial charge < -0.3 is 15.0 Å². The maximum Gasteiger partial charge on any atom is 0.417 e. The lowest BCUT2D eigenvalue weighted by molar-refractivity contribution is -0.147. The van der Waals surface area contributed by atoms with Crippen LogP contribution in [0.5, 0.6) is 0 Å². The van der Waals surface area contributed by atoms with Crippen molar-refractivity contribution >= 4 is 51.5 Å². The number of ether oxygens (including phenoxy) is 1. The number of fused-ring (bicyclic) bond motifs is 1. The van der Waals surface area contributed by atoms with E-state index in [0.29, 0.717) is 42.2 Å². The Balaban J connectivity index is 1.12. The molecule has 3 aromatic carbocycles. The number of thiophene rings is 1. The Labute approximate surface area is 362 Å². The van der Waals surface area contributed by atoms with Crippen LogP contribution in [0.4, 0.5) is 18.2 Å². The molecule has 0 bridgehead atoms. The summed E-state index contributed by atoms with van der Waals surface area (Å²) in [6.07, 6.45) is 3.10. The zero-order valence-corrected chi connectivity index (χ0v) is 36.0. The number of aromatic nitrogens is 2. The highest BCUT2D eigenvalue weighted by Crippen LogP contribution is 2.40. The van der Waals surface area contributed by atoms with E-state index in [0.717, 1.165) is 65.8 Å². The van der Waals surface area contributed by atoms with Crippen molar-refractivity contribution in [3.8, 4) is 5.69 Å². The standard InChI is InChI=1S/C46H49ClF3N5O5S/c1-4-34(5-2)54(23-22-53(3)40(56)20-21-41(57)60-29-30-12-7-6-8-13-30)27-31-14-11-15-32(24-31)44(59)52-45-42(36-16-9-10-17-39(36)61-45)43(58)33-26-51-55(28-33)35-18-19-38(47)37(25-35)46(48,49)50/h6-8,11-15,18-19,24-26,28,34H,4-5,9-10,16-17,20-23,27,29H2,1-3H3,(H,52,59). The van der Waals surface area contributed by atoms with Crippen LogP contribution in [0.1, 0.15) is 106 Å². The first-order valence-corrected chi connectivity index (χ1v) is 21.6. The number of carbonyl (C=O) groups excluding carboxylic acids is 4. The molecule has 2 aromatic heterocycles. The first-order valence-electron chi connectivity index (χ1n) is 20.4. The van der Waals surface area contributed by atoms with E-state index >= 15 is 0 Å². The zero-order chi connectivity index (χ0) is 43.7.